The number of aliphatic hydroxyl groups is 1. The highest BCUT2D eigenvalue weighted by Gasteiger charge is 2.44. The molecule has 4 rings (SSSR count). The fourth-order valence-corrected chi connectivity index (χ4v) is 5.26. The number of ether oxygens (including phenoxy) is 3. The molecule has 1 amide bonds. The van der Waals surface area contributed by atoms with Gasteiger partial charge in [0.1, 0.15) is 0 Å². The molecule has 0 aliphatic carbocycles. The van der Waals surface area contributed by atoms with E-state index in [9.17, 15) is 14.7 Å². The van der Waals surface area contributed by atoms with Crippen LogP contribution in [0.4, 0.5) is 0 Å². The van der Waals surface area contributed by atoms with Gasteiger partial charge in [-0.2, -0.15) is 0 Å². The first-order valence-electron chi connectivity index (χ1n) is 12.5. The number of unbranched alkanes of at least 4 members (excludes halogenated alkanes) is 2. The first kappa shape index (κ1) is 26.2. The Labute approximate surface area is 216 Å². The number of nitrogens with zero attached hydrogens (tertiary/aromatic N) is 2. The van der Waals surface area contributed by atoms with E-state index in [0.717, 1.165) is 32.4 Å². The Hall–Kier alpha value is -2.88. The van der Waals surface area contributed by atoms with Crippen LogP contribution >= 0.6 is 11.3 Å². The number of morpholine rings is 1. The van der Waals surface area contributed by atoms with Crippen LogP contribution in [0.5, 0.6) is 11.5 Å². The molecule has 1 aromatic carbocycles. The molecule has 36 heavy (non-hydrogen) atoms. The van der Waals surface area contributed by atoms with Gasteiger partial charge in [-0.05, 0) is 35.6 Å². The minimum Gasteiger partial charge on any atom is -0.503 e. The summed E-state index contributed by atoms with van der Waals surface area (Å²) < 4.78 is 17.0. The molecule has 1 saturated heterocycles. The van der Waals surface area contributed by atoms with Gasteiger partial charge in [-0.3, -0.25) is 14.5 Å². The number of benzene rings is 1. The lowest BCUT2D eigenvalue weighted by Gasteiger charge is -2.32. The van der Waals surface area contributed by atoms with Crippen LogP contribution in [0.15, 0.2) is 47.0 Å². The van der Waals surface area contributed by atoms with Crippen molar-refractivity contribution in [2.45, 2.75) is 32.2 Å². The number of hydrogen-bond acceptors (Lipinski definition) is 8. The Bertz CT molecular complexity index is 1080. The molecule has 1 atom stereocenters. The van der Waals surface area contributed by atoms with Gasteiger partial charge >= 0.3 is 0 Å². The Balaban J connectivity index is 1.64. The third-order valence-electron chi connectivity index (χ3n) is 6.56. The average Bonchev–Trinajstić information content (AvgIpc) is 3.53. The summed E-state index contributed by atoms with van der Waals surface area (Å²) >= 11 is 1.29. The number of rotatable bonds is 12. The van der Waals surface area contributed by atoms with Crippen LogP contribution in [0.1, 0.15) is 47.5 Å². The summed E-state index contributed by atoms with van der Waals surface area (Å²) in [7, 11) is 1.57. The standard InChI is InChI=1S/C27H34N2O6S/c1-3-4-5-14-35-20-9-8-19(18-21(20)33-2)24-23(25(30)22-7-6-17-36-22)26(31)27(32)29(24)11-10-28-12-15-34-16-13-28/h6-9,17-18,24,31H,3-5,10-16H2,1-2H3. The molecule has 0 radical (unpaired) electrons. The zero-order chi connectivity index (χ0) is 25.5. The van der Waals surface area contributed by atoms with Crippen LogP contribution in [0.25, 0.3) is 0 Å². The Kier molecular flexibility index (Phi) is 9.01. The highest BCUT2D eigenvalue weighted by molar-refractivity contribution is 7.12. The van der Waals surface area contributed by atoms with Gasteiger partial charge in [0.2, 0.25) is 5.78 Å². The highest BCUT2D eigenvalue weighted by Crippen LogP contribution is 2.42. The van der Waals surface area contributed by atoms with Gasteiger partial charge in [0.05, 0.1) is 43.4 Å². The topological polar surface area (TPSA) is 88.5 Å². The van der Waals surface area contributed by atoms with Gasteiger partial charge in [-0.25, -0.2) is 0 Å². The van der Waals surface area contributed by atoms with E-state index in [0.29, 0.717) is 54.8 Å². The number of thiophene rings is 1. The molecule has 0 saturated carbocycles. The van der Waals surface area contributed by atoms with E-state index in [2.05, 4.69) is 11.8 Å². The summed E-state index contributed by atoms with van der Waals surface area (Å²) in [5, 5.41) is 12.7. The van der Waals surface area contributed by atoms with E-state index in [1.165, 1.54) is 11.3 Å². The molecule has 9 heteroatoms. The largest absolute Gasteiger partial charge is 0.503 e. The number of hydrogen-bond donors (Lipinski definition) is 1. The second-order valence-corrected chi connectivity index (χ2v) is 9.84. The van der Waals surface area contributed by atoms with E-state index in [-0.39, 0.29) is 11.4 Å². The fraction of sp³-hybridized carbons (Fsp3) is 0.481. The maximum atomic E-state index is 13.5. The van der Waals surface area contributed by atoms with Gasteiger partial charge in [0.25, 0.3) is 5.91 Å². The number of Topliss-reactive ketones (excluding diaryl/α,β-unsaturated/α-hetero) is 1. The summed E-state index contributed by atoms with van der Waals surface area (Å²) in [5.74, 6) is -0.223. The Morgan fingerprint density at radius 1 is 1.17 bits per heavy atom. The van der Waals surface area contributed by atoms with E-state index in [1.807, 2.05) is 12.1 Å². The first-order chi connectivity index (χ1) is 17.5. The summed E-state index contributed by atoms with van der Waals surface area (Å²) in [6.45, 7) is 6.58. The van der Waals surface area contributed by atoms with Crippen molar-refractivity contribution in [2.24, 2.45) is 0 Å². The molecule has 2 aliphatic heterocycles. The van der Waals surface area contributed by atoms with Crippen molar-refractivity contribution >= 4 is 23.0 Å². The molecule has 0 bridgehead atoms. The van der Waals surface area contributed by atoms with Gasteiger partial charge in [0.15, 0.2) is 17.3 Å². The molecular weight excluding hydrogens is 480 g/mol. The van der Waals surface area contributed by atoms with Gasteiger partial charge in [-0.1, -0.05) is 31.9 Å². The average molecular weight is 515 g/mol. The smallest absolute Gasteiger partial charge is 0.290 e. The second kappa shape index (κ2) is 12.4. The summed E-state index contributed by atoms with van der Waals surface area (Å²) in [6.07, 6.45) is 3.14. The molecule has 1 fully saturated rings. The van der Waals surface area contributed by atoms with Crippen molar-refractivity contribution in [3.05, 3.63) is 57.5 Å². The van der Waals surface area contributed by atoms with Crippen molar-refractivity contribution in [2.75, 3.05) is 53.1 Å². The van der Waals surface area contributed by atoms with Gasteiger partial charge in [-0.15, -0.1) is 11.3 Å². The predicted molar refractivity (Wildman–Crippen MR) is 138 cm³/mol. The molecule has 2 aromatic rings. The zero-order valence-corrected chi connectivity index (χ0v) is 21.7. The fourth-order valence-electron chi connectivity index (χ4n) is 4.58. The Morgan fingerprint density at radius 2 is 1.97 bits per heavy atom. The van der Waals surface area contributed by atoms with Gasteiger partial charge < -0.3 is 24.2 Å². The van der Waals surface area contributed by atoms with Crippen LogP contribution in [0.2, 0.25) is 0 Å². The van der Waals surface area contributed by atoms with Crippen molar-refractivity contribution in [1.82, 2.24) is 9.80 Å². The van der Waals surface area contributed by atoms with E-state index >= 15 is 0 Å². The number of carbonyl (C=O) groups excluding carboxylic acids is 2. The summed E-state index contributed by atoms with van der Waals surface area (Å²) in [4.78, 5) is 31.0. The monoisotopic (exact) mass is 514 g/mol. The lowest BCUT2D eigenvalue weighted by atomic mass is 9.95. The molecule has 3 heterocycles. The van der Waals surface area contributed by atoms with Gasteiger partial charge in [0, 0.05) is 26.2 Å². The van der Waals surface area contributed by atoms with E-state index < -0.39 is 17.7 Å². The summed E-state index contributed by atoms with van der Waals surface area (Å²) in [6, 6.07) is 8.22. The van der Waals surface area contributed by atoms with Crippen LogP contribution in [-0.2, 0) is 9.53 Å². The molecule has 1 aromatic heterocycles. The van der Waals surface area contributed by atoms with Crippen molar-refractivity contribution in [3.63, 3.8) is 0 Å². The number of ketones is 1. The van der Waals surface area contributed by atoms with E-state index in [4.69, 9.17) is 14.2 Å². The molecular formula is C27H34N2O6S. The van der Waals surface area contributed by atoms with Crippen LogP contribution in [0.3, 0.4) is 0 Å². The van der Waals surface area contributed by atoms with Crippen molar-refractivity contribution < 1.29 is 28.9 Å². The number of carbonyl (C=O) groups is 2. The first-order valence-corrected chi connectivity index (χ1v) is 13.4. The maximum Gasteiger partial charge on any atom is 0.290 e. The van der Waals surface area contributed by atoms with E-state index in [1.54, 1.807) is 35.6 Å². The SMILES string of the molecule is CCCCCOc1ccc(C2C(C(=O)c3cccs3)=C(O)C(=O)N2CCN2CCOCC2)cc1OC. The predicted octanol–water partition coefficient (Wildman–Crippen LogP) is 4.24. The van der Waals surface area contributed by atoms with Crippen molar-refractivity contribution in [3.8, 4) is 11.5 Å². The second-order valence-electron chi connectivity index (χ2n) is 8.89. The molecule has 0 spiro atoms. The molecule has 1 unspecified atom stereocenters. The molecule has 1 N–H and O–H groups in total. The molecule has 8 nitrogen and oxygen atoms in total. The minimum atomic E-state index is -0.726. The number of amides is 1. The van der Waals surface area contributed by atoms with Crippen molar-refractivity contribution in [1.29, 1.82) is 0 Å². The normalized spacial score (nSPS) is 18.7. The third-order valence-corrected chi connectivity index (χ3v) is 7.43. The minimum absolute atomic E-state index is 0.100. The lowest BCUT2D eigenvalue weighted by molar-refractivity contribution is -0.129. The summed E-state index contributed by atoms with van der Waals surface area (Å²) in [5.41, 5.74) is 0.787. The zero-order valence-electron chi connectivity index (χ0n) is 20.9. The lowest BCUT2D eigenvalue weighted by Crippen LogP contribution is -2.43. The highest BCUT2D eigenvalue weighted by atomic mass is 32.1. The number of aliphatic hydroxyl groups excluding tert-OH is 1. The Morgan fingerprint density at radius 3 is 2.67 bits per heavy atom. The quantitative estimate of drug-likeness (QED) is 0.335. The molecule has 2 aliphatic rings. The third kappa shape index (κ3) is 5.74. The van der Waals surface area contributed by atoms with Crippen LogP contribution in [-0.4, -0.2) is 79.7 Å². The molecule has 194 valence electrons. The maximum absolute atomic E-state index is 13.5. The number of methoxy groups -OCH3 is 1. The van der Waals surface area contributed by atoms with Crippen LogP contribution < -0.4 is 9.47 Å². The van der Waals surface area contributed by atoms with Crippen LogP contribution in [0, 0.1) is 0 Å².